The number of amides is 1. The first-order valence-corrected chi connectivity index (χ1v) is 5.14. The van der Waals surface area contributed by atoms with Crippen LogP contribution in [0, 0.1) is 5.92 Å². The molecule has 1 unspecified atom stereocenters. The van der Waals surface area contributed by atoms with Gasteiger partial charge in [0.15, 0.2) is 5.69 Å². The Kier molecular flexibility index (Phi) is 4.38. The number of nitrogens with one attached hydrogen (secondary N) is 1. The van der Waals surface area contributed by atoms with Crippen LogP contribution in [-0.2, 0) is 4.79 Å². The number of hydrogen-bond acceptors (Lipinski definition) is 5. The number of aliphatic carboxylic acids is 1. The van der Waals surface area contributed by atoms with Gasteiger partial charge in [-0.15, -0.1) is 10.2 Å². The van der Waals surface area contributed by atoms with Gasteiger partial charge < -0.3 is 16.2 Å². The van der Waals surface area contributed by atoms with E-state index in [1.165, 1.54) is 12.1 Å². The van der Waals surface area contributed by atoms with Gasteiger partial charge >= 0.3 is 5.97 Å². The van der Waals surface area contributed by atoms with Crippen molar-refractivity contribution in [1.82, 2.24) is 10.2 Å². The Morgan fingerprint density at radius 3 is 2.59 bits per heavy atom. The molecule has 1 aromatic rings. The van der Waals surface area contributed by atoms with Crippen molar-refractivity contribution in [3.05, 3.63) is 17.8 Å². The van der Waals surface area contributed by atoms with Crippen molar-refractivity contribution in [2.75, 3.05) is 11.9 Å². The Balaban J connectivity index is 2.58. The summed E-state index contributed by atoms with van der Waals surface area (Å²) < 4.78 is 0. The largest absolute Gasteiger partial charge is 0.481 e. The van der Waals surface area contributed by atoms with E-state index in [1.807, 2.05) is 0 Å². The molecule has 0 spiro atoms. The van der Waals surface area contributed by atoms with Crippen LogP contribution in [0.15, 0.2) is 12.1 Å². The molecule has 0 aliphatic carbocycles. The Labute approximate surface area is 98.0 Å². The zero-order valence-corrected chi connectivity index (χ0v) is 9.38. The second kappa shape index (κ2) is 5.78. The zero-order chi connectivity index (χ0) is 12.8. The summed E-state index contributed by atoms with van der Waals surface area (Å²) in [7, 11) is 0. The van der Waals surface area contributed by atoms with Gasteiger partial charge in [0.05, 0.1) is 5.92 Å². The first kappa shape index (κ1) is 12.9. The number of carboxylic acid groups (broad SMARTS) is 1. The second-order valence-corrected chi connectivity index (χ2v) is 3.49. The van der Waals surface area contributed by atoms with E-state index in [-0.39, 0.29) is 12.2 Å². The van der Waals surface area contributed by atoms with Crippen LogP contribution in [0.1, 0.15) is 23.8 Å². The van der Waals surface area contributed by atoms with Crippen LogP contribution in [0.4, 0.5) is 5.82 Å². The maximum absolute atomic E-state index is 10.8. The third-order valence-corrected chi connectivity index (χ3v) is 2.29. The van der Waals surface area contributed by atoms with Crippen LogP contribution in [0.3, 0.4) is 0 Å². The lowest BCUT2D eigenvalue weighted by Gasteiger charge is -2.10. The minimum atomic E-state index is -0.860. The highest BCUT2D eigenvalue weighted by atomic mass is 16.4. The summed E-state index contributed by atoms with van der Waals surface area (Å²) in [4.78, 5) is 21.5. The van der Waals surface area contributed by atoms with Crippen LogP contribution in [0.2, 0.25) is 0 Å². The van der Waals surface area contributed by atoms with E-state index in [0.717, 1.165) is 0 Å². The monoisotopic (exact) mass is 238 g/mol. The number of carboxylic acids is 1. The number of primary amides is 1. The number of aromatic nitrogens is 2. The summed E-state index contributed by atoms with van der Waals surface area (Å²) in [5.41, 5.74) is 5.08. The zero-order valence-electron chi connectivity index (χ0n) is 9.38. The molecule has 7 nitrogen and oxygen atoms in total. The molecular formula is C10H14N4O3. The predicted octanol–water partition coefficient (Wildman–Crippen LogP) is 0.0982. The summed E-state index contributed by atoms with van der Waals surface area (Å²) in [6, 6.07) is 2.96. The number of hydrogen-bond donors (Lipinski definition) is 3. The highest BCUT2D eigenvalue weighted by molar-refractivity contribution is 5.90. The Morgan fingerprint density at radius 1 is 1.47 bits per heavy atom. The van der Waals surface area contributed by atoms with Crippen molar-refractivity contribution in [3.63, 3.8) is 0 Å². The fourth-order valence-corrected chi connectivity index (χ4v) is 1.19. The van der Waals surface area contributed by atoms with Crippen molar-refractivity contribution in [2.24, 2.45) is 11.7 Å². The lowest BCUT2D eigenvalue weighted by atomic mass is 10.1. The van der Waals surface area contributed by atoms with Crippen LogP contribution in [-0.4, -0.2) is 33.7 Å². The molecule has 0 aromatic carbocycles. The molecule has 1 aromatic heterocycles. The molecule has 0 saturated carbocycles. The van der Waals surface area contributed by atoms with E-state index in [0.29, 0.717) is 12.2 Å². The number of carbonyl (C=O) groups excluding carboxylic acids is 1. The second-order valence-electron chi connectivity index (χ2n) is 3.49. The molecular weight excluding hydrogens is 224 g/mol. The Bertz CT molecular complexity index is 405. The van der Waals surface area contributed by atoms with Crippen LogP contribution < -0.4 is 11.1 Å². The first-order valence-electron chi connectivity index (χ1n) is 5.14. The average molecular weight is 238 g/mol. The standard InChI is InChI=1S/C10H14N4O3/c1-2-6(10(16)17)5-12-8-4-3-7(9(11)15)13-14-8/h3-4,6H,2,5H2,1H3,(H2,11,15)(H,12,14)(H,16,17). The van der Waals surface area contributed by atoms with Gasteiger partial charge in [-0.05, 0) is 18.6 Å². The number of carbonyl (C=O) groups is 2. The highest BCUT2D eigenvalue weighted by Gasteiger charge is 2.14. The Hall–Kier alpha value is -2.18. The summed E-state index contributed by atoms with van der Waals surface area (Å²) in [6.07, 6.45) is 0.523. The van der Waals surface area contributed by atoms with Gasteiger partial charge in [-0.2, -0.15) is 0 Å². The molecule has 0 aliphatic rings. The predicted molar refractivity (Wildman–Crippen MR) is 60.5 cm³/mol. The van der Waals surface area contributed by atoms with E-state index < -0.39 is 17.8 Å². The van der Waals surface area contributed by atoms with Crippen LogP contribution >= 0.6 is 0 Å². The molecule has 0 aliphatic heterocycles. The van der Waals surface area contributed by atoms with Gasteiger partial charge in [-0.1, -0.05) is 6.92 Å². The van der Waals surface area contributed by atoms with Crippen molar-refractivity contribution in [3.8, 4) is 0 Å². The normalized spacial score (nSPS) is 11.8. The van der Waals surface area contributed by atoms with E-state index in [1.54, 1.807) is 6.92 Å². The van der Waals surface area contributed by atoms with Crippen molar-refractivity contribution >= 4 is 17.7 Å². The van der Waals surface area contributed by atoms with Gasteiger partial charge in [-0.3, -0.25) is 9.59 Å². The molecule has 1 rings (SSSR count). The number of nitrogens with zero attached hydrogens (tertiary/aromatic N) is 2. The summed E-state index contributed by atoms with van der Waals surface area (Å²) in [5.74, 6) is -1.58. The maximum atomic E-state index is 10.8. The molecule has 0 saturated heterocycles. The summed E-state index contributed by atoms with van der Waals surface area (Å²) in [5, 5.41) is 19.0. The van der Waals surface area contributed by atoms with Gasteiger partial charge in [0.1, 0.15) is 5.82 Å². The number of anilines is 1. The summed E-state index contributed by atoms with van der Waals surface area (Å²) in [6.45, 7) is 2.05. The quantitative estimate of drug-likeness (QED) is 0.646. The molecule has 1 heterocycles. The Morgan fingerprint density at radius 2 is 2.18 bits per heavy atom. The van der Waals surface area contributed by atoms with Gasteiger partial charge in [0.2, 0.25) is 0 Å². The van der Waals surface area contributed by atoms with E-state index in [4.69, 9.17) is 10.8 Å². The SMILES string of the molecule is CCC(CNc1ccc(C(N)=O)nn1)C(=O)O. The molecule has 0 radical (unpaired) electrons. The van der Waals surface area contributed by atoms with Gasteiger partial charge in [-0.25, -0.2) is 0 Å². The topological polar surface area (TPSA) is 118 Å². The molecule has 0 bridgehead atoms. The molecule has 1 atom stereocenters. The average Bonchev–Trinajstić information content (AvgIpc) is 2.30. The molecule has 7 heteroatoms. The van der Waals surface area contributed by atoms with Gasteiger partial charge in [0.25, 0.3) is 5.91 Å². The molecule has 1 amide bonds. The van der Waals surface area contributed by atoms with E-state index in [2.05, 4.69) is 15.5 Å². The molecule has 4 N–H and O–H groups in total. The smallest absolute Gasteiger partial charge is 0.308 e. The lowest BCUT2D eigenvalue weighted by Crippen LogP contribution is -2.22. The minimum Gasteiger partial charge on any atom is -0.481 e. The van der Waals surface area contributed by atoms with E-state index in [9.17, 15) is 9.59 Å². The van der Waals surface area contributed by atoms with Gasteiger partial charge in [0, 0.05) is 6.54 Å². The summed E-state index contributed by atoms with van der Waals surface area (Å²) >= 11 is 0. The lowest BCUT2D eigenvalue weighted by molar-refractivity contribution is -0.141. The first-order chi connectivity index (χ1) is 8.04. The van der Waals surface area contributed by atoms with Crippen LogP contribution in [0.25, 0.3) is 0 Å². The van der Waals surface area contributed by atoms with Crippen LogP contribution in [0.5, 0.6) is 0 Å². The third kappa shape index (κ3) is 3.71. The van der Waals surface area contributed by atoms with E-state index >= 15 is 0 Å². The molecule has 92 valence electrons. The third-order valence-electron chi connectivity index (χ3n) is 2.29. The number of nitrogens with two attached hydrogens (primary N) is 1. The minimum absolute atomic E-state index is 0.0702. The highest BCUT2D eigenvalue weighted by Crippen LogP contribution is 2.06. The van der Waals surface area contributed by atoms with Crippen molar-refractivity contribution in [2.45, 2.75) is 13.3 Å². The fraction of sp³-hybridized carbons (Fsp3) is 0.400. The molecule has 17 heavy (non-hydrogen) atoms. The fourth-order valence-electron chi connectivity index (χ4n) is 1.19. The molecule has 0 fully saturated rings. The van der Waals surface area contributed by atoms with Crippen molar-refractivity contribution < 1.29 is 14.7 Å². The van der Waals surface area contributed by atoms with Crippen molar-refractivity contribution in [1.29, 1.82) is 0 Å². The number of rotatable bonds is 6. The maximum Gasteiger partial charge on any atom is 0.308 e.